The molecule has 4 heteroatoms. The van der Waals surface area contributed by atoms with Crippen LogP contribution in [0.15, 0.2) is 16.6 Å². The molecule has 70 valence electrons. The minimum absolute atomic E-state index is 0.102. The molecule has 1 aliphatic carbocycles. The summed E-state index contributed by atoms with van der Waals surface area (Å²) in [5.74, 6) is -0.218. The second-order valence-corrected chi connectivity index (χ2v) is 4.30. The Morgan fingerprint density at radius 2 is 1.92 bits per heavy atom. The molecular weight excluding hydrogens is 234 g/mol. The van der Waals surface area contributed by atoms with E-state index in [0.717, 1.165) is 17.3 Å². The summed E-state index contributed by atoms with van der Waals surface area (Å²) >= 11 is 3.31. The second kappa shape index (κ2) is 2.62. The lowest BCUT2D eigenvalue weighted by Gasteiger charge is -2.14. The molecule has 1 saturated carbocycles. The minimum Gasteiger partial charge on any atom is -0.504 e. The SMILES string of the molecule is NC1(c2c(Br)ccc(O)c2O)CC1. The van der Waals surface area contributed by atoms with Crippen LogP contribution in [0, 0.1) is 0 Å². The molecule has 0 heterocycles. The monoisotopic (exact) mass is 243 g/mol. The van der Waals surface area contributed by atoms with Gasteiger partial charge in [-0.15, -0.1) is 0 Å². The fraction of sp³-hybridized carbons (Fsp3) is 0.333. The van der Waals surface area contributed by atoms with E-state index >= 15 is 0 Å². The zero-order valence-corrected chi connectivity index (χ0v) is 8.50. The van der Waals surface area contributed by atoms with Crippen molar-refractivity contribution in [2.45, 2.75) is 18.4 Å². The van der Waals surface area contributed by atoms with Crippen molar-refractivity contribution in [3.05, 3.63) is 22.2 Å². The Bertz CT molecular complexity index is 361. The third kappa shape index (κ3) is 1.30. The number of nitrogens with two attached hydrogens (primary N) is 1. The number of hydrogen-bond acceptors (Lipinski definition) is 3. The molecule has 1 aromatic carbocycles. The van der Waals surface area contributed by atoms with Gasteiger partial charge in [0.25, 0.3) is 0 Å². The number of aromatic hydroxyl groups is 2. The van der Waals surface area contributed by atoms with Crippen molar-refractivity contribution in [3.8, 4) is 11.5 Å². The Labute approximate surface area is 84.3 Å². The number of benzene rings is 1. The van der Waals surface area contributed by atoms with Crippen molar-refractivity contribution in [1.29, 1.82) is 0 Å². The molecule has 0 atom stereocenters. The van der Waals surface area contributed by atoms with E-state index in [1.54, 1.807) is 6.07 Å². The predicted molar refractivity (Wildman–Crippen MR) is 52.6 cm³/mol. The lowest BCUT2D eigenvalue weighted by atomic mass is 10.0. The molecule has 0 radical (unpaired) electrons. The summed E-state index contributed by atoms with van der Waals surface area (Å²) in [5, 5.41) is 18.9. The van der Waals surface area contributed by atoms with Crippen LogP contribution in [-0.4, -0.2) is 10.2 Å². The zero-order chi connectivity index (χ0) is 9.64. The van der Waals surface area contributed by atoms with E-state index in [1.165, 1.54) is 6.07 Å². The molecule has 3 nitrogen and oxygen atoms in total. The van der Waals surface area contributed by atoms with Gasteiger partial charge in [0.1, 0.15) is 0 Å². The molecule has 4 N–H and O–H groups in total. The van der Waals surface area contributed by atoms with Crippen LogP contribution in [0.1, 0.15) is 18.4 Å². The Kier molecular flexibility index (Phi) is 1.78. The van der Waals surface area contributed by atoms with Crippen LogP contribution >= 0.6 is 15.9 Å². The first-order valence-corrected chi connectivity index (χ1v) is 4.84. The molecule has 0 saturated heterocycles. The van der Waals surface area contributed by atoms with Crippen molar-refractivity contribution in [1.82, 2.24) is 0 Å². The van der Waals surface area contributed by atoms with Crippen molar-refractivity contribution in [2.24, 2.45) is 5.73 Å². The summed E-state index contributed by atoms with van der Waals surface area (Å²) in [6.45, 7) is 0. The molecule has 0 bridgehead atoms. The highest BCUT2D eigenvalue weighted by Gasteiger charge is 2.44. The summed E-state index contributed by atoms with van der Waals surface area (Å²) in [6.07, 6.45) is 1.70. The van der Waals surface area contributed by atoms with Gasteiger partial charge in [-0.25, -0.2) is 0 Å². The zero-order valence-electron chi connectivity index (χ0n) is 6.92. The largest absolute Gasteiger partial charge is 0.504 e. The average Bonchev–Trinajstić information content (AvgIpc) is 2.78. The predicted octanol–water partition coefficient (Wildman–Crippen LogP) is 1.81. The quantitative estimate of drug-likeness (QED) is 0.660. The molecule has 13 heavy (non-hydrogen) atoms. The van der Waals surface area contributed by atoms with Crippen LogP contribution < -0.4 is 5.73 Å². The van der Waals surface area contributed by atoms with Gasteiger partial charge in [0.15, 0.2) is 11.5 Å². The summed E-state index contributed by atoms with van der Waals surface area (Å²) in [7, 11) is 0. The molecule has 0 aliphatic heterocycles. The Morgan fingerprint density at radius 3 is 2.46 bits per heavy atom. The molecule has 1 aliphatic rings. The second-order valence-electron chi connectivity index (χ2n) is 3.45. The van der Waals surface area contributed by atoms with Crippen molar-refractivity contribution < 1.29 is 10.2 Å². The smallest absolute Gasteiger partial charge is 0.163 e. The van der Waals surface area contributed by atoms with E-state index in [-0.39, 0.29) is 11.5 Å². The third-order valence-corrected chi connectivity index (χ3v) is 3.05. The van der Waals surface area contributed by atoms with Gasteiger partial charge in [-0.3, -0.25) is 0 Å². The van der Waals surface area contributed by atoms with E-state index in [4.69, 9.17) is 5.73 Å². The van der Waals surface area contributed by atoms with Crippen LogP contribution in [0.5, 0.6) is 11.5 Å². The van der Waals surface area contributed by atoms with Crippen LogP contribution in [-0.2, 0) is 5.54 Å². The highest BCUT2D eigenvalue weighted by atomic mass is 79.9. The molecule has 2 rings (SSSR count). The molecule has 0 aromatic heterocycles. The third-order valence-electron chi connectivity index (χ3n) is 2.39. The Hall–Kier alpha value is -0.740. The van der Waals surface area contributed by atoms with Crippen molar-refractivity contribution in [3.63, 3.8) is 0 Å². The van der Waals surface area contributed by atoms with Crippen LogP contribution in [0.4, 0.5) is 0 Å². The fourth-order valence-electron chi connectivity index (χ4n) is 1.41. The lowest BCUT2D eigenvalue weighted by Crippen LogP contribution is -2.19. The van der Waals surface area contributed by atoms with Crippen LogP contribution in [0.2, 0.25) is 0 Å². The van der Waals surface area contributed by atoms with Crippen molar-refractivity contribution >= 4 is 15.9 Å². The first-order valence-electron chi connectivity index (χ1n) is 4.04. The van der Waals surface area contributed by atoms with Gasteiger partial charge in [0.05, 0.1) is 0 Å². The van der Waals surface area contributed by atoms with Crippen molar-refractivity contribution in [2.75, 3.05) is 0 Å². The lowest BCUT2D eigenvalue weighted by molar-refractivity contribution is 0.394. The van der Waals surface area contributed by atoms with E-state index in [2.05, 4.69) is 15.9 Å². The Balaban J connectivity index is 2.61. The van der Waals surface area contributed by atoms with Gasteiger partial charge in [0, 0.05) is 15.6 Å². The maximum atomic E-state index is 9.59. The van der Waals surface area contributed by atoms with Gasteiger partial charge in [-0.2, -0.15) is 0 Å². The summed E-state index contributed by atoms with van der Waals surface area (Å²) in [6, 6.07) is 3.13. The van der Waals surface area contributed by atoms with Gasteiger partial charge in [0.2, 0.25) is 0 Å². The normalized spacial score (nSPS) is 18.6. The molecule has 0 spiro atoms. The van der Waals surface area contributed by atoms with Crippen LogP contribution in [0.25, 0.3) is 0 Å². The number of phenols is 2. The summed E-state index contributed by atoms with van der Waals surface area (Å²) in [4.78, 5) is 0. The van der Waals surface area contributed by atoms with E-state index in [1.807, 2.05) is 0 Å². The highest BCUT2D eigenvalue weighted by molar-refractivity contribution is 9.10. The van der Waals surface area contributed by atoms with Crippen LogP contribution in [0.3, 0.4) is 0 Å². The Morgan fingerprint density at radius 1 is 1.31 bits per heavy atom. The molecule has 0 amide bonds. The number of hydrogen-bond donors (Lipinski definition) is 3. The maximum absolute atomic E-state index is 9.59. The van der Waals surface area contributed by atoms with Gasteiger partial charge in [-0.1, -0.05) is 15.9 Å². The van der Waals surface area contributed by atoms with E-state index in [0.29, 0.717) is 5.56 Å². The minimum atomic E-state index is -0.443. The molecule has 1 aromatic rings. The summed E-state index contributed by atoms with van der Waals surface area (Å²) < 4.78 is 0.753. The van der Waals surface area contributed by atoms with Gasteiger partial charge < -0.3 is 15.9 Å². The fourth-order valence-corrected chi connectivity index (χ4v) is 2.13. The highest BCUT2D eigenvalue weighted by Crippen LogP contribution is 2.51. The molecule has 1 fully saturated rings. The molecular formula is C9H10BrNO2. The average molecular weight is 244 g/mol. The summed E-state index contributed by atoms with van der Waals surface area (Å²) in [5.41, 5.74) is 6.11. The van der Waals surface area contributed by atoms with E-state index in [9.17, 15) is 10.2 Å². The maximum Gasteiger partial charge on any atom is 0.163 e. The van der Waals surface area contributed by atoms with E-state index < -0.39 is 5.54 Å². The number of phenolic OH excluding ortho intramolecular Hbond substituents is 2. The van der Waals surface area contributed by atoms with Gasteiger partial charge >= 0.3 is 0 Å². The first-order chi connectivity index (χ1) is 6.04. The van der Waals surface area contributed by atoms with Gasteiger partial charge in [-0.05, 0) is 25.0 Å². The number of halogens is 1. The number of rotatable bonds is 1. The topological polar surface area (TPSA) is 66.5 Å². The standard InChI is InChI=1S/C9H10BrNO2/c10-5-1-2-6(12)8(13)7(5)9(11)3-4-9/h1-2,12-13H,3-4,11H2. The molecule has 0 unspecified atom stereocenters. The first kappa shape index (κ1) is 8.84.